The summed E-state index contributed by atoms with van der Waals surface area (Å²) in [6.45, 7) is 4.20. The van der Waals surface area contributed by atoms with Crippen LogP contribution in [0.2, 0.25) is 0 Å². The van der Waals surface area contributed by atoms with E-state index in [1.807, 2.05) is 24.3 Å². The molecule has 0 saturated carbocycles. The Morgan fingerprint density at radius 3 is 2.92 bits per heavy atom. The molecule has 26 heavy (non-hydrogen) atoms. The molecule has 4 rings (SSSR count). The molecule has 2 unspecified atom stereocenters. The van der Waals surface area contributed by atoms with Gasteiger partial charge in [0.05, 0.1) is 22.6 Å². The van der Waals surface area contributed by atoms with E-state index in [-0.39, 0.29) is 17.9 Å². The first-order chi connectivity index (χ1) is 12.7. The van der Waals surface area contributed by atoms with Gasteiger partial charge < -0.3 is 10.3 Å². The zero-order valence-corrected chi connectivity index (χ0v) is 14.5. The predicted octanol–water partition coefficient (Wildman–Crippen LogP) is 2.52. The molecule has 0 fully saturated rings. The molecule has 0 saturated heterocycles. The van der Waals surface area contributed by atoms with Gasteiger partial charge in [0.25, 0.3) is 5.91 Å². The minimum absolute atomic E-state index is 0.187. The molecule has 0 aliphatic carbocycles. The Labute approximate surface area is 149 Å². The van der Waals surface area contributed by atoms with Crippen LogP contribution in [-0.2, 0) is 0 Å². The first-order valence-electron chi connectivity index (χ1n) is 8.59. The highest BCUT2D eigenvalue weighted by Gasteiger charge is 2.24. The Hall–Kier alpha value is -3.29. The molecule has 3 heterocycles. The summed E-state index contributed by atoms with van der Waals surface area (Å²) < 4.78 is 1.48. The van der Waals surface area contributed by atoms with Gasteiger partial charge >= 0.3 is 0 Å². The zero-order chi connectivity index (χ0) is 18.1. The predicted molar refractivity (Wildman–Crippen MR) is 96.5 cm³/mol. The lowest BCUT2D eigenvalue weighted by Crippen LogP contribution is -2.33. The molecular formula is C18H19N7O. The third kappa shape index (κ3) is 2.90. The number of pyridine rings is 1. The monoisotopic (exact) mass is 349 g/mol. The minimum Gasteiger partial charge on any atom is -0.342 e. The Bertz CT molecular complexity index is 1030. The Morgan fingerprint density at radius 2 is 2.12 bits per heavy atom. The lowest BCUT2D eigenvalue weighted by atomic mass is 9.98. The van der Waals surface area contributed by atoms with Crippen molar-refractivity contribution < 1.29 is 4.79 Å². The molecule has 0 spiro atoms. The number of H-pyrrole nitrogens is 1. The summed E-state index contributed by atoms with van der Waals surface area (Å²) >= 11 is 0. The smallest absolute Gasteiger partial charge is 0.253 e. The van der Waals surface area contributed by atoms with Gasteiger partial charge in [-0.15, -0.1) is 5.10 Å². The molecule has 132 valence electrons. The van der Waals surface area contributed by atoms with E-state index in [0.717, 1.165) is 23.3 Å². The van der Waals surface area contributed by atoms with Gasteiger partial charge in [-0.05, 0) is 40.6 Å². The number of hydrogen-bond donors (Lipinski definition) is 2. The number of para-hydroxylation sites is 2. The van der Waals surface area contributed by atoms with Crippen molar-refractivity contribution in [1.29, 1.82) is 0 Å². The molecular weight excluding hydrogens is 330 g/mol. The molecule has 8 nitrogen and oxygen atoms in total. The number of carbonyl (C=O) groups is 1. The molecule has 0 aliphatic rings. The van der Waals surface area contributed by atoms with Crippen molar-refractivity contribution in [2.24, 2.45) is 5.92 Å². The molecule has 3 aromatic heterocycles. The second-order valence-electron chi connectivity index (χ2n) is 6.38. The summed E-state index contributed by atoms with van der Waals surface area (Å²) in [5.74, 6) is 0.793. The van der Waals surface area contributed by atoms with Gasteiger partial charge in [0, 0.05) is 6.20 Å². The van der Waals surface area contributed by atoms with Crippen LogP contribution in [0.15, 0.2) is 42.6 Å². The van der Waals surface area contributed by atoms with Gasteiger partial charge in [-0.1, -0.05) is 32.4 Å². The second-order valence-corrected chi connectivity index (χ2v) is 6.38. The second kappa shape index (κ2) is 6.55. The molecule has 4 aromatic rings. The highest BCUT2D eigenvalue weighted by Crippen LogP contribution is 2.25. The van der Waals surface area contributed by atoms with Crippen molar-refractivity contribution in [3.8, 4) is 0 Å². The third-order valence-electron chi connectivity index (χ3n) is 4.66. The SMILES string of the molecule is CCC(C)C(NC(=O)c1ccc2nnnn2c1)c1nc2ccccc2[nH]1. The number of tetrazole rings is 1. The topological polar surface area (TPSA) is 101 Å². The summed E-state index contributed by atoms with van der Waals surface area (Å²) in [6.07, 6.45) is 2.53. The van der Waals surface area contributed by atoms with Crippen LogP contribution in [0.3, 0.4) is 0 Å². The summed E-state index contributed by atoms with van der Waals surface area (Å²) in [7, 11) is 0. The van der Waals surface area contributed by atoms with E-state index in [9.17, 15) is 4.79 Å². The van der Waals surface area contributed by atoms with Crippen LogP contribution in [-0.4, -0.2) is 35.9 Å². The van der Waals surface area contributed by atoms with E-state index in [1.54, 1.807) is 18.3 Å². The largest absolute Gasteiger partial charge is 0.342 e. The number of aromatic amines is 1. The van der Waals surface area contributed by atoms with Gasteiger partial charge in [-0.25, -0.2) is 4.98 Å². The lowest BCUT2D eigenvalue weighted by molar-refractivity contribution is 0.0920. The number of rotatable bonds is 5. The highest BCUT2D eigenvalue weighted by molar-refractivity contribution is 5.94. The van der Waals surface area contributed by atoms with E-state index >= 15 is 0 Å². The molecule has 2 N–H and O–H groups in total. The first-order valence-corrected chi connectivity index (χ1v) is 8.59. The van der Waals surface area contributed by atoms with Crippen LogP contribution < -0.4 is 5.32 Å². The Balaban J connectivity index is 1.64. The zero-order valence-electron chi connectivity index (χ0n) is 14.5. The maximum atomic E-state index is 12.8. The van der Waals surface area contributed by atoms with Crippen LogP contribution >= 0.6 is 0 Å². The molecule has 2 atom stereocenters. The standard InChI is InChI=1S/C18H19N7O/c1-3-11(2)16(17-19-13-6-4-5-7-14(13)20-17)21-18(26)12-8-9-15-22-23-24-25(15)10-12/h4-11,16H,3H2,1-2H3,(H,19,20)(H,21,26). The van der Waals surface area contributed by atoms with Crippen LogP contribution in [0.25, 0.3) is 16.7 Å². The van der Waals surface area contributed by atoms with E-state index in [4.69, 9.17) is 0 Å². The Morgan fingerprint density at radius 1 is 1.27 bits per heavy atom. The molecule has 0 bridgehead atoms. The average molecular weight is 349 g/mol. The third-order valence-corrected chi connectivity index (χ3v) is 4.66. The number of aromatic nitrogens is 6. The summed E-state index contributed by atoms with van der Waals surface area (Å²) in [5.41, 5.74) is 2.94. The maximum Gasteiger partial charge on any atom is 0.253 e. The molecule has 1 amide bonds. The molecule has 8 heteroatoms. The van der Waals surface area contributed by atoms with Crippen molar-refractivity contribution in [3.05, 3.63) is 54.0 Å². The number of carbonyl (C=O) groups excluding carboxylic acids is 1. The fourth-order valence-electron chi connectivity index (χ4n) is 2.94. The van der Waals surface area contributed by atoms with Crippen LogP contribution in [0.4, 0.5) is 0 Å². The number of imidazole rings is 1. The van der Waals surface area contributed by atoms with E-state index < -0.39 is 0 Å². The lowest BCUT2D eigenvalue weighted by Gasteiger charge is -2.22. The minimum atomic E-state index is -0.218. The number of hydrogen-bond acceptors (Lipinski definition) is 5. The summed E-state index contributed by atoms with van der Waals surface area (Å²) in [5, 5.41) is 14.4. The fourth-order valence-corrected chi connectivity index (χ4v) is 2.94. The van der Waals surface area contributed by atoms with Gasteiger partial charge in [0.2, 0.25) is 0 Å². The van der Waals surface area contributed by atoms with Crippen LogP contribution in [0, 0.1) is 5.92 Å². The van der Waals surface area contributed by atoms with E-state index in [2.05, 4.69) is 44.7 Å². The van der Waals surface area contributed by atoms with Gasteiger partial charge in [0.15, 0.2) is 5.65 Å². The average Bonchev–Trinajstić information content (AvgIpc) is 3.30. The molecule has 0 aliphatic heterocycles. The first kappa shape index (κ1) is 16.2. The van der Waals surface area contributed by atoms with Gasteiger partial charge in [-0.3, -0.25) is 4.79 Å². The van der Waals surface area contributed by atoms with Gasteiger partial charge in [-0.2, -0.15) is 4.52 Å². The number of amides is 1. The Kier molecular flexibility index (Phi) is 4.08. The van der Waals surface area contributed by atoms with E-state index in [1.165, 1.54) is 4.52 Å². The van der Waals surface area contributed by atoms with Crippen LogP contribution in [0.5, 0.6) is 0 Å². The number of benzene rings is 1. The molecule has 0 radical (unpaired) electrons. The van der Waals surface area contributed by atoms with Crippen molar-refractivity contribution in [2.75, 3.05) is 0 Å². The highest BCUT2D eigenvalue weighted by atomic mass is 16.1. The summed E-state index contributed by atoms with van der Waals surface area (Å²) in [4.78, 5) is 20.8. The van der Waals surface area contributed by atoms with E-state index in [0.29, 0.717) is 11.2 Å². The summed E-state index contributed by atoms with van der Waals surface area (Å²) in [6, 6.07) is 11.1. The normalized spacial score (nSPS) is 13.8. The molecule has 1 aromatic carbocycles. The number of fused-ring (bicyclic) bond motifs is 2. The quantitative estimate of drug-likeness (QED) is 0.576. The maximum absolute atomic E-state index is 12.8. The number of nitrogens with one attached hydrogen (secondary N) is 2. The van der Waals surface area contributed by atoms with Crippen molar-refractivity contribution in [1.82, 2.24) is 35.3 Å². The fraction of sp³-hybridized carbons (Fsp3) is 0.278. The number of nitrogens with zero attached hydrogens (tertiary/aromatic N) is 5. The van der Waals surface area contributed by atoms with Crippen molar-refractivity contribution in [2.45, 2.75) is 26.3 Å². The van der Waals surface area contributed by atoms with Gasteiger partial charge in [0.1, 0.15) is 5.82 Å². The van der Waals surface area contributed by atoms with Crippen LogP contribution in [0.1, 0.15) is 42.5 Å². The van der Waals surface area contributed by atoms with Crippen molar-refractivity contribution in [3.63, 3.8) is 0 Å². The van der Waals surface area contributed by atoms with Crippen molar-refractivity contribution >= 4 is 22.6 Å².